The number of benzene rings is 2. The minimum Gasteiger partial charge on any atom is -0.325 e. The molecule has 98 valence electrons. The van der Waals surface area contributed by atoms with E-state index in [-0.39, 0.29) is 11.7 Å². The summed E-state index contributed by atoms with van der Waals surface area (Å²) in [6.45, 7) is 0. The maximum absolute atomic E-state index is 11.8. The topological polar surface area (TPSA) is 29.1 Å². The van der Waals surface area contributed by atoms with Crippen LogP contribution in [-0.2, 0) is 4.79 Å². The summed E-state index contributed by atoms with van der Waals surface area (Å²) >= 11 is 12.3. The fourth-order valence-corrected chi connectivity index (χ4v) is 2.44. The van der Waals surface area contributed by atoms with Crippen LogP contribution in [0, 0.1) is 0 Å². The quantitative estimate of drug-likeness (QED) is 0.879. The Hall–Kier alpha value is -1.16. The molecular weight excluding hydrogens is 301 g/mol. The largest absolute Gasteiger partial charge is 0.325 e. The maximum Gasteiger partial charge on any atom is 0.234 e. The van der Waals surface area contributed by atoms with Gasteiger partial charge in [-0.15, -0.1) is 11.8 Å². The van der Waals surface area contributed by atoms with Gasteiger partial charge in [-0.05, 0) is 11.5 Å². The Morgan fingerprint density at radius 3 is 2.74 bits per heavy atom. The van der Waals surface area contributed by atoms with Crippen molar-refractivity contribution in [2.24, 2.45) is 0 Å². The zero-order valence-electron chi connectivity index (χ0n) is 9.90. The van der Waals surface area contributed by atoms with Crippen LogP contribution in [0.3, 0.4) is 0 Å². The highest BCUT2D eigenvalue weighted by Gasteiger charge is 2.06. The van der Waals surface area contributed by atoms with Gasteiger partial charge in [0.05, 0.1) is 10.1 Å². The molecule has 0 heterocycles. The summed E-state index contributed by atoms with van der Waals surface area (Å²) in [7, 11) is 0. The van der Waals surface area contributed by atoms with Crippen LogP contribution in [0.5, 0.6) is 0 Å². The molecular formula is C14H11Cl2NOS. The van der Waals surface area contributed by atoms with Gasteiger partial charge in [0.2, 0.25) is 5.91 Å². The number of thioether (sulfide) groups is 1. The Morgan fingerprint density at radius 2 is 1.95 bits per heavy atom. The van der Waals surface area contributed by atoms with Crippen LogP contribution in [0.1, 0.15) is 0 Å². The number of amides is 1. The van der Waals surface area contributed by atoms with Crippen LogP contribution in [-0.4, -0.2) is 11.7 Å². The number of rotatable bonds is 4. The lowest BCUT2D eigenvalue weighted by Gasteiger charge is -2.08. The molecule has 0 spiro atoms. The van der Waals surface area contributed by atoms with E-state index in [1.54, 1.807) is 0 Å². The Labute approximate surface area is 125 Å². The van der Waals surface area contributed by atoms with E-state index in [2.05, 4.69) is 5.32 Å². The van der Waals surface area contributed by atoms with Gasteiger partial charge in [-0.1, -0.05) is 59.6 Å². The van der Waals surface area contributed by atoms with E-state index < -0.39 is 0 Å². The van der Waals surface area contributed by atoms with E-state index in [1.165, 1.54) is 17.3 Å². The van der Waals surface area contributed by atoms with Crippen molar-refractivity contribution in [2.45, 2.75) is 0 Å². The Morgan fingerprint density at radius 1 is 1.21 bits per heavy atom. The SMILES string of the molecule is O=C(CS/C(Cl)=C/Cl)Nc1cccc2ccccc12. The van der Waals surface area contributed by atoms with E-state index >= 15 is 0 Å². The van der Waals surface area contributed by atoms with Gasteiger partial charge >= 0.3 is 0 Å². The molecule has 1 amide bonds. The highest BCUT2D eigenvalue weighted by molar-refractivity contribution is 8.05. The Balaban J connectivity index is 2.11. The van der Waals surface area contributed by atoms with Crippen molar-refractivity contribution in [3.63, 3.8) is 0 Å². The van der Waals surface area contributed by atoms with Gasteiger partial charge in [-0.2, -0.15) is 0 Å². The zero-order chi connectivity index (χ0) is 13.7. The molecule has 0 aliphatic rings. The number of hydrogen-bond donors (Lipinski definition) is 1. The first-order chi connectivity index (χ1) is 9.20. The molecule has 0 aliphatic carbocycles. The van der Waals surface area contributed by atoms with Crippen molar-refractivity contribution in [2.75, 3.05) is 11.1 Å². The Bertz CT molecular complexity index is 622. The third kappa shape index (κ3) is 3.90. The summed E-state index contributed by atoms with van der Waals surface area (Å²) in [5.41, 5.74) is 2.05. The van der Waals surface area contributed by atoms with Gasteiger partial charge in [0.1, 0.15) is 0 Å². The summed E-state index contributed by atoms with van der Waals surface area (Å²) < 4.78 is 0.398. The van der Waals surface area contributed by atoms with Gasteiger partial charge in [0.25, 0.3) is 0 Å². The number of anilines is 1. The van der Waals surface area contributed by atoms with E-state index in [9.17, 15) is 4.79 Å². The van der Waals surface area contributed by atoms with Crippen LogP contribution >= 0.6 is 35.0 Å². The summed E-state index contributed by atoms with van der Waals surface area (Å²) in [6, 6.07) is 13.7. The number of hydrogen-bond acceptors (Lipinski definition) is 2. The fraction of sp³-hybridized carbons (Fsp3) is 0.0714. The second kappa shape index (κ2) is 6.85. The van der Waals surface area contributed by atoms with Gasteiger partial charge in [0, 0.05) is 16.6 Å². The summed E-state index contributed by atoms with van der Waals surface area (Å²) in [6.07, 6.45) is 0. The second-order valence-corrected chi connectivity index (χ2v) is 5.64. The number of nitrogens with one attached hydrogen (secondary N) is 1. The first kappa shape index (κ1) is 14.3. The Kier molecular flexibility index (Phi) is 5.14. The average Bonchev–Trinajstić information content (AvgIpc) is 2.45. The standard InChI is InChI=1S/C14H11Cl2NOS/c15-8-13(16)19-9-14(18)17-12-7-3-5-10-4-1-2-6-11(10)12/h1-8H,9H2,(H,17,18)/b13-8+. The first-order valence-corrected chi connectivity index (χ1v) is 7.37. The van der Waals surface area contributed by atoms with E-state index in [1.807, 2.05) is 42.5 Å². The third-order valence-electron chi connectivity index (χ3n) is 2.49. The average molecular weight is 312 g/mol. The number of carbonyl (C=O) groups excluding carboxylic acids is 1. The molecule has 2 aromatic rings. The first-order valence-electron chi connectivity index (χ1n) is 5.57. The van der Waals surface area contributed by atoms with Crippen LogP contribution in [0.25, 0.3) is 10.8 Å². The highest BCUT2D eigenvalue weighted by atomic mass is 35.5. The predicted octanol–water partition coefficient (Wildman–Crippen LogP) is 4.79. The highest BCUT2D eigenvalue weighted by Crippen LogP contribution is 2.24. The lowest BCUT2D eigenvalue weighted by molar-refractivity contribution is -0.113. The minimum atomic E-state index is -0.113. The molecule has 2 rings (SSSR count). The molecule has 0 unspecified atom stereocenters. The van der Waals surface area contributed by atoms with Crippen molar-refractivity contribution in [1.82, 2.24) is 0 Å². The van der Waals surface area contributed by atoms with Crippen LogP contribution in [0.4, 0.5) is 5.69 Å². The minimum absolute atomic E-state index is 0.113. The van der Waals surface area contributed by atoms with Gasteiger partial charge in [0.15, 0.2) is 0 Å². The van der Waals surface area contributed by atoms with Crippen molar-refractivity contribution >= 4 is 57.3 Å². The van der Waals surface area contributed by atoms with Gasteiger partial charge in [-0.25, -0.2) is 0 Å². The van der Waals surface area contributed by atoms with Gasteiger partial charge < -0.3 is 5.32 Å². The molecule has 5 heteroatoms. The molecule has 2 aromatic carbocycles. The lowest BCUT2D eigenvalue weighted by atomic mass is 10.1. The molecule has 0 aliphatic heterocycles. The predicted molar refractivity (Wildman–Crippen MR) is 84.8 cm³/mol. The fourth-order valence-electron chi connectivity index (χ4n) is 1.69. The van der Waals surface area contributed by atoms with Crippen molar-refractivity contribution in [3.8, 4) is 0 Å². The summed E-state index contributed by atoms with van der Waals surface area (Å²) in [4.78, 5) is 11.8. The number of fused-ring (bicyclic) bond motifs is 1. The molecule has 0 saturated heterocycles. The van der Waals surface area contributed by atoms with Crippen LogP contribution < -0.4 is 5.32 Å². The van der Waals surface area contributed by atoms with Crippen LogP contribution in [0.15, 0.2) is 52.4 Å². The van der Waals surface area contributed by atoms with E-state index in [0.29, 0.717) is 4.36 Å². The van der Waals surface area contributed by atoms with Crippen molar-refractivity contribution in [3.05, 3.63) is 52.4 Å². The maximum atomic E-state index is 11.8. The summed E-state index contributed by atoms with van der Waals surface area (Å²) in [5, 5.41) is 4.98. The lowest BCUT2D eigenvalue weighted by Crippen LogP contribution is -2.14. The molecule has 0 atom stereocenters. The molecule has 0 bridgehead atoms. The molecule has 1 N–H and O–H groups in total. The van der Waals surface area contributed by atoms with Crippen LogP contribution in [0.2, 0.25) is 0 Å². The van der Waals surface area contributed by atoms with E-state index in [0.717, 1.165) is 16.5 Å². The summed E-state index contributed by atoms with van der Waals surface area (Å²) in [5.74, 6) is 0.115. The van der Waals surface area contributed by atoms with Crippen molar-refractivity contribution < 1.29 is 4.79 Å². The molecule has 0 saturated carbocycles. The smallest absolute Gasteiger partial charge is 0.234 e. The molecule has 2 nitrogen and oxygen atoms in total. The second-order valence-electron chi connectivity index (χ2n) is 3.78. The molecule has 0 fully saturated rings. The third-order valence-corrected chi connectivity index (χ3v) is 4.19. The normalized spacial score (nSPS) is 11.6. The number of carbonyl (C=O) groups is 1. The number of halogens is 2. The monoisotopic (exact) mass is 311 g/mol. The van der Waals surface area contributed by atoms with Gasteiger partial charge in [-0.3, -0.25) is 4.79 Å². The zero-order valence-corrected chi connectivity index (χ0v) is 12.2. The van der Waals surface area contributed by atoms with Crippen molar-refractivity contribution in [1.29, 1.82) is 0 Å². The molecule has 0 aromatic heterocycles. The molecule has 0 radical (unpaired) electrons. The van der Waals surface area contributed by atoms with E-state index in [4.69, 9.17) is 23.2 Å². The molecule has 19 heavy (non-hydrogen) atoms.